The molecule has 6 heteroatoms. The predicted molar refractivity (Wildman–Crippen MR) is 114 cm³/mol. The Morgan fingerprint density at radius 3 is 2.45 bits per heavy atom. The Morgan fingerprint density at radius 1 is 1.03 bits per heavy atom. The van der Waals surface area contributed by atoms with Gasteiger partial charge in [0.05, 0.1) is 18.6 Å². The lowest BCUT2D eigenvalue weighted by Gasteiger charge is -2.15. The van der Waals surface area contributed by atoms with Gasteiger partial charge in [-0.1, -0.05) is 36.4 Å². The van der Waals surface area contributed by atoms with Crippen LogP contribution in [0.5, 0.6) is 0 Å². The molecule has 29 heavy (non-hydrogen) atoms. The lowest BCUT2D eigenvalue weighted by atomic mass is 10.1. The number of nitrogens with one attached hydrogen (secondary N) is 2. The molecule has 0 aliphatic heterocycles. The second-order valence-corrected chi connectivity index (χ2v) is 7.32. The Kier molecular flexibility index (Phi) is 7.25. The fourth-order valence-electron chi connectivity index (χ4n) is 3.48. The first kappa shape index (κ1) is 20.9. The van der Waals surface area contributed by atoms with Gasteiger partial charge in [-0.25, -0.2) is 4.79 Å². The maximum atomic E-state index is 12.2. The molecular formula is C23H30N3O3+. The third kappa shape index (κ3) is 5.57. The number of amides is 1. The maximum Gasteiger partial charge on any atom is 0.419 e. The van der Waals surface area contributed by atoms with Crippen LogP contribution < -0.4 is 16.0 Å². The number of carbonyl (C=O) groups is 1. The van der Waals surface area contributed by atoms with Gasteiger partial charge in [0, 0.05) is 25.1 Å². The number of aryl methyl sites for hydroxylation is 1. The number of oxazole rings is 1. The largest absolute Gasteiger partial charge is 0.419 e. The van der Waals surface area contributed by atoms with E-state index in [1.165, 1.54) is 5.56 Å². The number of para-hydroxylation sites is 2. The fraction of sp³-hybridized carbons (Fsp3) is 0.391. The number of aromatic nitrogens is 1. The molecule has 2 aromatic carbocycles. The van der Waals surface area contributed by atoms with E-state index in [0.717, 1.165) is 30.7 Å². The first-order chi connectivity index (χ1) is 14.1. The molecule has 1 aromatic heterocycles. The highest BCUT2D eigenvalue weighted by molar-refractivity contribution is 5.76. The third-order valence-corrected chi connectivity index (χ3v) is 5.33. The summed E-state index contributed by atoms with van der Waals surface area (Å²) in [4.78, 5) is 25.7. The molecule has 3 aromatic rings. The molecule has 0 unspecified atom stereocenters. The monoisotopic (exact) mass is 396 g/mol. The van der Waals surface area contributed by atoms with Gasteiger partial charge < -0.3 is 14.6 Å². The minimum atomic E-state index is -0.377. The molecule has 0 radical (unpaired) electrons. The van der Waals surface area contributed by atoms with Crippen LogP contribution in [0.2, 0.25) is 0 Å². The van der Waals surface area contributed by atoms with Crippen molar-refractivity contribution in [2.75, 3.05) is 13.1 Å². The predicted octanol–water partition coefficient (Wildman–Crippen LogP) is 2.12. The summed E-state index contributed by atoms with van der Waals surface area (Å²) < 4.78 is 6.80. The summed E-state index contributed by atoms with van der Waals surface area (Å²) in [7, 11) is 0. The van der Waals surface area contributed by atoms with Crippen molar-refractivity contribution in [2.45, 2.75) is 46.3 Å². The standard InChI is InChI=1S/C23H29N3O3/c1-3-25(4-2)17-19-13-11-18(12-14-19)16-24-22(27)10-7-15-26-20-8-5-6-9-21(20)29-23(26)28/h5-6,8-9,11-14H,3-4,7,10,15-17H2,1-2H3,(H,24,27)/p+1. The van der Waals surface area contributed by atoms with Crippen molar-refractivity contribution in [3.8, 4) is 0 Å². The second-order valence-electron chi connectivity index (χ2n) is 7.32. The van der Waals surface area contributed by atoms with Crippen molar-refractivity contribution in [3.63, 3.8) is 0 Å². The molecular weight excluding hydrogens is 366 g/mol. The molecule has 0 saturated heterocycles. The molecule has 2 N–H and O–H groups in total. The van der Waals surface area contributed by atoms with Crippen molar-refractivity contribution in [3.05, 3.63) is 70.2 Å². The molecule has 3 rings (SSSR count). The molecule has 0 atom stereocenters. The van der Waals surface area contributed by atoms with Gasteiger partial charge in [0.1, 0.15) is 6.54 Å². The summed E-state index contributed by atoms with van der Waals surface area (Å²) in [5, 5.41) is 2.96. The number of nitrogens with zero attached hydrogens (tertiary/aromatic N) is 1. The summed E-state index contributed by atoms with van der Waals surface area (Å²) in [6, 6.07) is 15.8. The van der Waals surface area contributed by atoms with E-state index >= 15 is 0 Å². The quantitative estimate of drug-likeness (QED) is 0.552. The summed E-state index contributed by atoms with van der Waals surface area (Å²) >= 11 is 0. The van der Waals surface area contributed by atoms with Crippen LogP contribution >= 0.6 is 0 Å². The van der Waals surface area contributed by atoms with Gasteiger partial charge in [0.2, 0.25) is 5.91 Å². The minimum absolute atomic E-state index is 0.0116. The molecule has 0 aliphatic carbocycles. The van der Waals surface area contributed by atoms with Crippen molar-refractivity contribution < 1.29 is 14.1 Å². The van der Waals surface area contributed by atoms with Crippen molar-refractivity contribution in [2.24, 2.45) is 0 Å². The average Bonchev–Trinajstić information content (AvgIpc) is 3.06. The van der Waals surface area contributed by atoms with Gasteiger partial charge in [-0.15, -0.1) is 0 Å². The van der Waals surface area contributed by atoms with Crippen molar-refractivity contribution in [1.82, 2.24) is 9.88 Å². The normalized spacial score (nSPS) is 11.3. The highest BCUT2D eigenvalue weighted by Crippen LogP contribution is 2.12. The Balaban J connectivity index is 1.44. The van der Waals surface area contributed by atoms with E-state index in [1.807, 2.05) is 18.2 Å². The van der Waals surface area contributed by atoms with Gasteiger partial charge in [-0.2, -0.15) is 0 Å². The van der Waals surface area contributed by atoms with Gasteiger partial charge in [0.15, 0.2) is 5.58 Å². The van der Waals surface area contributed by atoms with Crippen molar-refractivity contribution in [1.29, 1.82) is 0 Å². The topological polar surface area (TPSA) is 68.7 Å². The fourth-order valence-corrected chi connectivity index (χ4v) is 3.48. The highest BCUT2D eigenvalue weighted by Gasteiger charge is 2.09. The molecule has 0 bridgehead atoms. The van der Waals surface area contributed by atoms with E-state index in [0.29, 0.717) is 31.5 Å². The molecule has 6 nitrogen and oxygen atoms in total. The number of carbonyl (C=O) groups excluding carboxylic acids is 1. The Morgan fingerprint density at radius 2 is 1.72 bits per heavy atom. The summed E-state index contributed by atoms with van der Waals surface area (Å²) in [5.74, 6) is -0.388. The van der Waals surface area contributed by atoms with E-state index in [1.54, 1.807) is 15.5 Å². The summed E-state index contributed by atoms with van der Waals surface area (Å²) in [5.41, 5.74) is 3.75. The molecule has 0 fully saturated rings. The number of rotatable bonds is 10. The van der Waals surface area contributed by atoms with Gasteiger partial charge >= 0.3 is 5.76 Å². The van der Waals surface area contributed by atoms with E-state index in [2.05, 4.69) is 43.4 Å². The van der Waals surface area contributed by atoms with Gasteiger partial charge in [-0.3, -0.25) is 9.36 Å². The van der Waals surface area contributed by atoms with Gasteiger partial charge in [-0.05, 0) is 38.0 Å². The number of benzene rings is 2. The molecule has 1 heterocycles. The summed E-state index contributed by atoms with van der Waals surface area (Å²) in [6.45, 7) is 8.66. The van der Waals surface area contributed by atoms with Crippen LogP contribution in [0.15, 0.2) is 57.7 Å². The lowest BCUT2D eigenvalue weighted by molar-refractivity contribution is -0.910. The van der Waals surface area contributed by atoms with Crippen LogP contribution in [0.4, 0.5) is 0 Å². The summed E-state index contributed by atoms with van der Waals surface area (Å²) in [6.07, 6.45) is 0.955. The average molecular weight is 397 g/mol. The number of hydrogen-bond donors (Lipinski definition) is 2. The zero-order valence-corrected chi connectivity index (χ0v) is 17.2. The number of hydrogen-bond acceptors (Lipinski definition) is 3. The molecule has 154 valence electrons. The smallest absolute Gasteiger partial charge is 0.408 e. The first-order valence-corrected chi connectivity index (χ1v) is 10.4. The number of fused-ring (bicyclic) bond motifs is 1. The Bertz CT molecular complexity index is 985. The Labute approximate surface area is 171 Å². The highest BCUT2D eigenvalue weighted by atomic mass is 16.4. The van der Waals surface area contributed by atoms with Crippen LogP contribution in [-0.4, -0.2) is 23.6 Å². The van der Waals surface area contributed by atoms with E-state index in [-0.39, 0.29) is 11.7 Å². The SMILES string of the molecule is CC[NH+](CC)Cc1ccc(CNC(=O)CCCn2c(=O)oc3ccccc32)cc1. The first-order valence-electron chi connectivity index (χ1n) is 10.4. The number of quaternary nitrogens is 1. The second kappa shape index (κ2) is 10.1. The minimum Gasteiger partial charge on any atom is -0.408 e. The maximum absolute atomic E-state index is 12.2. The lowest BCUT2D eigenvalue weighted by Crippen LogP contribution is -3.10. The van der Waals surface area contributed by atoms with Crippen molar-refractivity contribution >= 4 is 17.0 Å². The van der Waals surface area contributed by atoms with E-state index < -0.39 is 0 Å². The molecule has 0 saturated carbocycles. The molecule has 1 amide bonds. The molecule has 0 spiro atoms. The van der Waals surface area contributed by atoms with Gasteiger partial charge in [0.25, 0.3) is 0 Å². The zero-order valence-electron chi connectivity index (χ0n) is 17.2. The third-order valence-electron chi connectivity index (χ3n) is 5.33. The van der Waals surface area contributed by atoms with E-state index in [9.17, 15) is 9.59 Å². The van der Waals surface area contributed by atoms with E-state index in [4.69, 9.17) is 4.42 Å². The Hall–Kier alpha value is -2.86. The van der Waals surface area contributed by atoms with Crippen LogP contribution in [0.3, 0.4) is 0 Å². The van der Waals surface area contributed by atoms with Crippen LogP contribution in [0.25, 0.3) is 11.1 Å². The van der Waals surface area contributed by atoms with Crippen LogP contribution in [0, 0.1) is 0 Å². The van der Waals surface area contributed by atoms with Crippen LogP contribution in [0.1, 0.15) is 37.8 Å². The molecule has 0 aliphatic rings. The van der Waals surface area contributed by atoms with Crippen LogP contribution in [-0.2, 0) is 24.4 Å². The zero-order chi connectivity index (χ0) is 20.6.